The average molecular weight is 852 g/mol. The Labute approximate surface area is 365 Å². The van der Waals surface area contributed by atoms with Crippen molar-refractivity contribution in [2.45, 2.75) is 225 Å². The molecule has 0 aromatic rings. The number of rotatable bonds is 44. The zero-order valence-electron chi connectivity index (χ0n) is 39.2. The third kappa shape index (κ3) is 44.3. The van der Waals surface area contributed by atoms with Gasteiger partial charge in [-0.2, -0.15) is 0 Å². The first-order chi connectivity index (χ1) is 28.5. The second-order valence-corrected chi connectivity index (χ2v) is 19.3. The molecule has 0 aliphatic rings. The molecule has 0 heterocycles. The summed E-state index contributed by atoms with van der Waals surface area (Å²) in [6, 6.07) is -0.861. The van der Waals surface area contributed by atoms with Crippen LogP contribution >= 0.6 is 7.82 Å². The molecule has 0 rings (SSSR count). The molecular formula is C50H96N2O6P+. The predicted octanol–water partition coefficient (Wildman–Crippen LogP) is 14.0. The van der Waals surface area contributed by atoms with Gasteiger partial charge in [0.05, 0.1) is 39.9 Å². The van der Waals surface area contributed by atoms with Crippen LogP contribution in [0.2, 0.25) is 0 Å². The zero-order chi connectivity index (χ0) is 43.6. The van der Waals surface area contributed by atoms with Crippen LogP contribution in [0.15, 0.2) is 48.6 Å². The van der Waals surface area contributed by atoms with Crippen LogP contribution in [0.25, 0.3) is 0 Å². The fourth-order valence-electron chi connectivity index (χ4n) is 6.85. The molecule has 9 heteroatoms. The first-order valence-electron chi connectivity index (χ1n) is 24.5. The summed E-state index contributed by atoms with van der Waals surface area (Å²) in [4.78, 5) is 23.1. The van der Waals surface area contributed by atoms with Gasteiger partial charge in [-0.05, 0) is 64.2 Å². The number of phosphoric acid groups is 1. The fraction of sp³-hybridized carbons (Fsp3) is 0.820. The summed E-state index contributed by atoms with van der Waals surface area (Å²) in [6.07, 6.45) is 53.5. The lowest BCUT2D eigenvalue weighted by Gasteiger charge is -2.25. The Balaban J connectivity index is 4.13. The highest BCUT2D eigenvalue weighted by Gasteiger charge is 2.27. The Hall–Kier alpha value is -1.54. The largest absolute Gasteiger partial charge is 0.472 e. The molecule has 0 aliphatic heterocycles. The minimum atomic E-state index is -4.34. The normalized spacial score (nSPS) is 14.6. The minimum absolute atomic E-state index is 0.0555. The molecule has 3 N–H and O–H groups in total. The number of carbonyl (C=O) groups is 1. The number of aliphatic hydroxyl groups is 1. The van der Waals surface area contributed by atoms with Gasteiger partial charge < -0.3 is 19.8 Å². The average Bonchev–Trinajstić information content (AvgIpc) is 3.19. The number of amides is 1. The molecule has 1 amide bonds. The molecule has 0 bridgehead atoms. The number of hydrogen-bond donors (Lipinski definition) is 3. The van der Waals surface area contributed by atoms with Gasteiger partial charge in [-0.15, -0.1) is 0 Å². The summed E-state index contributed by atoms with van der Waals surface area (Å²) in [6.45, 7) is 4.74. The lowest BCUT2D eigenvalue weighted by Crippen LogP contribution is -2.45. The molecule has 59 heavy (non-hydrogen) atoms. The molecular weight excluding hydrogens is 756 g/mol. The second-order valence-electron chi connectivity index (χ2n) is 17.8. The molecule has 0 radical (unpaired) electrons. The number of nitrogens with one attached hydrogen (secondary N) is 1. The van der Waals surface area contributed by atoms with Gasteiger partial charge in [0, 0.05) is 6.42 Å². The van der Waals surface area contributed by atoms with Gasteiger partial charge in [-0.3, -0.25) is 13.8 Å². The Morgan fingerprint density at radius 1 is 0.576 bits per heavy atom. The van der Waals surface area contributed by atoms with E-state index < -0.39 is 20.0 Å². The van der Waals surface area contributed by atoms with E-state index in [0.717, 1.165) is 44.9 Å². The van der Waals surface area contributed by atoms with Gasteiger partial charge in [0.1, 0.15) is 13.2 Å². The van der Waals surface area contributed by atoms with Crippen molar-refractivity contribution in [1.29, 1.82) is 0 Å². The molecule has 0 spiro atoms. The number of likely N-dealkylation sites (N-methyl/N-ethyl adjacent to an activating group) is 1. The molecule has 0 fully saturated rings. The summed E-state index contributed by atoms with van der Waals surface area (Å²) >= 11 is 0. The van der Waals surface area contributed by atoms with E-state index in [-0.39, 0.29) is 19.1 Å². The maximum atomic E-state index is 12.9. The van der Waals surface area contributed by atoms with Crippen molar-refractivity contribution >= 4 is 13.7 Å². The van der Waals surface area contributed by atoms with Crippen LogP contribution in [0.3, 0.4) is 0 Å². The summed E-state index contributed by atoms with van der Waals surface area (Å²) in [5.41, 5.74) is 0. The van der Waals surface area contributed by atoms with Crippen molar-refractivity contribution in [3.05, 3.63) is 48.6 Å². The van der Waals surface area contributed by atoms with Crippen LogP contribution in [0.5, 0.6) is 0 Å². The van der Waals surface area contributed by atoms with Crippen molar-refractivity contribution < 1.29 is 32.9 Å². The van der Waals surface area contributed by atoms with E-state index in [9.17, 15) is 19.4 Å². The van der Waals surface area contributed by atoms with Crippen LogP contribution < -0.4 is 5.32 Å². The van der Waals surface area contributed by atoms with E-state index in [2.05, 4.69) is 55.6 Å². The van der Waals surface area contributed by atoms with Gasteiger partial charge in [-0.1, -0.05) is 191 Å². The van der Waals surface area contributed by atoms with Crippen molar-refractivity contribution in [2.75, 3.05) is 40.9 Å². The summed E-state index contributed by atoms with van der Waals surface area (Å²) in [7, 11) is 1.55. The molecule has 0 aliphatic carbocycles. The highest BCUT2D eigenvalue weighted by atomic mass is 31.2. The van der Waals surface area contributed by atoms with Gasteiger partial charge in [0.15, 0.2) is 0 Å². The molecule has 346 valence electrons. The smallest absolute Gasteiger partial charge is 0.387 e. The summed E-state index contributed by atoms with van der Waals surface area (Å²) < 4.78 is 23.5. The Bertz CT molecular complexity index is 1100. The first-order valence-corrected chi connectivity index (χ1v) is 26.0. The highest BCUT2D eigenvalue weighted by Crippen LogP contribution is 2.43. The number of quaternary nitrogens is 1. The van der Waals surface area contributed by atoms with Crippen LogP contribution in [0.1, 0.15) is 213 Å². The SMILES string of the molecule is CCCCCC/C=C/CC/C=C/C(O)C(COP(=O)(O)OCC[N+](C)(C)C)NC(=O)CCCCCCCCCCCCCCCCC/C=C\C/C=C\CCCCCCC. The van der Waals surface area contributed by atoms with Crippen LogP contribution in [0, 0.1) is 0 Å². The Morgan fingerprint density at radius 3 is 1.47 bits per heavy atom. The third-order valence-corrected chi connectivity index (χ3v) is 11.8. The number of carbonyl (C=O) groups excluding carboxylic acids is 1. The topological polar surface area (TPSA) is 105 Å². The van der Waals surface area contributed by atoms with E-state index in [4.69, 9.17) is 9.05 Å². The maximum absolute atomic E-state index is 12.9. The Morgan fingerprint density at radius 2 is 0.983 bits per heavy atom. The number of allylic oxidation sites excluding steroid dienone is 7. The number of hydrogen-bond acceptors (Lipinski definition) is 5. The monoisotopic (exact) mass is 852 g/mol. The van der Waals surface area contributed by atoms with E-state index in [0.29, 0.717) is 17.4 Å². The number of phosphoric ester groups is 1. The zero-order valence-corrected chi connectivity index (χ0v) is 40.1. The standard InChI is InChI=1S/C50H95N2O6P/c1-6-8-10-12-14-16-18-19-20-21-22-23-24-25-26-27-28-29-30-31-32-33-34-36-38-40-42-44-50(54)51-48(47-58-59(55,56)57-46-45-52(3,4)5)49(53)43-41-39-37-35-17-15-13-11-9-7-2/h17-19,21-22,35,41,43,48-49,53H,6-16,20,23-34,36-40,42,44-47H2,1-5H3,(H-,51,54,55,56)/p+1/b19-18-,22-21-,35-17+,43-41+. The van der Waals surface area contributed by atoms with Gasteiger partial charge in [0.2, 0.25) is 5.91 Å². The van der Waals surface area contributed by atoms with Crippen molar-refractivity contribution in [2.24, 2.45) is 0 Å². The minimum Gasteiger partial charge on any atom is -0.387 e. The maximum Gasteiger partial charge on any atom is 0.472 e. The lowest BCUT2D eigenvalue weighted by molar-refractivity contribution is -0.870. The summed E-state index contributed by atoms with van der Waals surface area (Å²) in [5.74, 6) is -0.189. The van der Waals surface area contributed by atoms with Crippen molar-refractivity contribution in [3.63, 3.8) is 0 Å². The van der Waals surface area contributed by atoms with Gasteiger partial charge >= 0.3 is 7.82 Å². The van der Waals surface area contributed by atoms with Crippen LogP contribution in [0.4, 0.5) is 0 Å². The number of nitrogens with zero attached hydrogens (tertiary/aromatic N) is 1. The first kappa shape index (κ1) is 57.5. The lowest BCUT2D eigenvalue weighted by atomic mass is 10.0. The van der Waals surface area contributed by atoms with E-state index in [1.807, 2.05) is 27.2 Å². The van der Waals surface area contributed by atoms with Crippen molar-refractivity contribution in [1.82, 2.24) is 5.32 Å². The van der Waals surface area contributed by atoms with E-state index in [1.165, 1.54) is 148 Å². The van der Waals surface area contributed by atoms with Crippen molar-refractivity contribution in [3.8, 4) is 0 Å². The third-order valence-electron chi connectivity index (χ3n) is 10.8. The van der Waals surface area contributed by atoms with E-state index >= 15 is 0 Å². The van der Waals surface area contributed by atoms with E-state index in [1.54, 1.807) is 6.08 Å². The Kier molecular flexibility index (Phi) is 40.7. The molecule has 0 aromatic heterocycles. The molecule has 0 saturated heterocycles. The molecule has 0 aromatic carbocycles. The predicted molar refractivity (Wildman–Crippen MR) is 254 cm³/mol. The number of aliphatic hydroxyl groups excluding tert-OH is 1. The summed E-state index contributed by atoms with van der Waals surface area (Å²) in [5, 5.41) is 13.8. The van der Waals surface area contributed by atoms with Gasteiger partial charge in [-0.25, -0.2) is 4.57 Å². The highest BCUT2D eigenvalue weighted by molar-refractivity contribution is 7.47. The molecule has 8 nitrogen and oxygen atoms in total. The molecule has 0 saturated carbocycles. The fourth-order valence-corrected chi connectivity index (χ4v) is 7.59. The quantitative estimate of drug-likeness (QED) is 0.0244. The van der Waals surface area contributed by atoms with Gasteiger partial charge in [0.25, 0.3) is 0 Å². The van der Waals surface area contributed by atoms with Crippen LogP contribution in [-0.4, -0.2) is 73.4 Å². The molecule has 3 unspecified atom stereocenters. The number of unbranched alkanes of at least 4 members (excludes halogenated alkanes) is 25. The second kappa shape index (κ2) is 41.8. The molecule has 3 atom stereocenters. The van der Waals surface area contributed by atoms with Crippen LogP contribution in [-0.2, 0) is 18.4 Å².